The van der Waals surface area contributed by atoms with E-state index in [1.165, 1.54) is 0 Å². The van der Waals surface area contributed by atoms with Crippen LogP contribution in [0.2, 0.25) is 0 Å². The Morgan fingerprint density at radius 3 is 2.60 bits per heavy atom. The van der Waals surface area contributed by atoms with Crippen LogP contribution < -0.4 is 0 Å². The summed E-state index contributed by atoms with van der Waals surface area (Å²) in [4.78, 5) is 12.1. The minimum absolute atomic E-state index is 0.0210. The van der Waals surface area contributed by atoms with Crippen molar-refractivity contribution in [2.24, 2.45) is 0 Å². The number of thioether (sulfide) groups is 1. The first-order valence-corrected chi connectivity index (χ1v) is 4.89. The molecule has 3 nitrogen and oxygen atoms in total. The summed E-state index contributed by atoms with van der Waals surface area (Å²) in [6.07, 6.45) is 3.41. The van der Waals surface area contributed by atoms with Crippen LogP contribution in [0.15, 0.2) is 45.9 Å². The van der Waals surface area contributed by atoms with Gasteiger partial charge in [-0.1, -0.05) is 12.7 Å². The fourth-order valence-electron chi connectivity index (χ4n) is 1.47. The van der Waals surface area contributed by atoms with Gasteiger partial charge in [-0.2, -0.15) is 10.5 Å². The predicted molar refractivity (Wildman–Crippen MR) is 56.2 cm³/mol. The van der Waals surface area contributed by atoms with Crippen molar-refractivity contribution in [2.45, 2.75) is 0 Å². The van der Waals surface area contributed by atoms with Gasteiger partial charge in [-0.05, 0) is 17.8 Å². The molecule has 0 N–H and O–H groups in total. The first-order valence-electron chi connectivity index (χ1n) is 4.07. The molecule has 0 atom stereocenters. The van der Waals surface area contributed by atoms with Gasteiger partial charge in [0.2, 0.25) is 5.12 Å². The van der Waals surface area contributed by atoms with Crippen LogP contribution in [0.5, 0.6) is 0 Å². The van der Waals surface area contributed by atoms with Gasteiger partial charge in [0.1, 0.15) is 17.7 Å². The van der Waals surface area contributed by atoms with E-state index in [1.807, 2.05) is 12.1 Å². The van der Waals surface area contributed by atoms with Crippen LogP contribution in [0, 0.1) is 22.7 Å². The normalized spacial score (nSPS) is 17.9. The highest BCUT2D eigenvalue weighted by atomic mass is 32.2. The van der Waals surface area contributed by atoms with Crippen molar-refractivity contribution in [3.8, 4) is 12.1 Å². The van der Waals surface area contributed by atoms with E-state index in [1.54, 1.807) is 12.2 Å². The van der Waals surface area contributed by atoms with Gasteiger partial charge in [0.25, 0.3) is 0 Å². The van der Waals surface area contributed by atoms with Crippen LogP contribution in [-0.4, -0.2) is 5.12 Å². The molecule has 1 aliphatic carbocycles. The van der Waals surface area contributed by atoms with E-state index < -0.39 is 0 Å². The number of hydrogen-bond acceptors (Lipinski definition) is 4. The Morgan fingerprint density at radius 1 is 1.33 bits per heavy atom. The molecule has 0 aromatic heterocycles. The summed E-state index contributed by atoms with van der Waals surface area (Å²) in [5, 5.41) is 17.4. The lowest BCUT2D eigenvalue weighted by Crippen LogP contribution is -1.95. The van der Waals surface area contributed by atoms with Crippen molar-refractivity contribution in [3.05, 3.63) is 45.9 Å². The van der Waals surface area contributed by atoms with E-state index in [9.17, 15) is 4.79 Å². The van der Waals surface area contributed by atoms with Crippen LogP contribution in [0.3, 0.4) is 0 Å². The van der Waals surface area contributed by atoms with Crippen LogP contribution >= 0.6 is 11.8 Å². The van der Waals surface area contributed by atoms with Crippen molar-refractivity contribution < 1.29 is 4.79 Å². The van der Waals surface area contributed by atoms with Gasteiger partial charge < -0.3 is 0 Å². The average Bonchev–Trinajstić information content (AvgIpc) is 2.73. The molecule has 0 fully saturated rings. The zero-order valence-electron chi connectivity index (χ0n) is 7.57. The monoisotopic (exact) mass is 212 g/mol. The fourth-order valence-corrected chi connectivity index (χ4v) is 2.37. The van der Waals surface area contributed by atoms with E-state index in [4.69, 9.17) is 10.5 Å². The molecule has 4 heteroatoms. The summed E-state index contributed by atoms with van der Waals surface area (Å²) in [7, 11) is 0. The maximum Gasteiger partial charge on any atom is 0.224 e. The Labute approximate surface area is 90.7 Å². The number of rotatable bonds is 0. The fraction of sp³-hybridized carbons (Fsp3) is 0. The molecule has 0 aromatic rings. The summed E-state index contributed by atoms with van der Waals surface area (Å²) in [5.41, 5.74) is 1.55. The van der Waals surface area contributed by atoms with E-state index in [0.717, 1.165) is 16.7 Å². The standard InChI is InChI=1S/C11H4N2OS/c1-6-10-8(7(4-12)5-13)2-3-9(10)15-11(6)14/h2-3H,1H2. The molecule has 70 valence electrons. The Hall–Kier alpha value is -2.04. The molecule has 0 radical (unpaired) electrons. The molecule has 2 rings (SSSR count). The number of carbonyl (C=O) groups is 1. The molecule has 2 aliphatic rings. The second-order valence-corrected chi connectivity index (χ2v) is 3.97. The molecular formula is C11H4N2OS. The third kappa shape index (κ3) is 1.24. The molecular weight excluding hydrogens is 208 g/mol. The molecule has 0 unspecified atom stereocenters. The van der Waals surface area contributed by atoms with E-state index in [-0.39, 0.29) is 10.7 Å². The smallest absolute Gasteiger partial charge is 0.224 e. The maximum atomic E-state index is 11.3. The van der Waals surface area contributed by atoms with E-state index >= 15 is 0 Å². The third-order valence-electron chi connectivity index (χ3n) is 2.16. The first-order chi connectivity index (χ1) is 7.19. The lowest BCUT2D eigenvalue weighted by molar-refractivity contribution is -0.107. The second kappa shape index (κ2) is 3.27. The minimum Gasteiger partial charge on any atom is -0.281 e. The molecule has 1 heterocycles. The zero-order chi connectivity index (χ0) is 11.0. The predicted octanol–water partition coefficient (Wildman–Crippen LogP) is 1.98. The number of hydrogen-bond donors (Lipinski definition) is 0. The Bertz CT molecular complexity index is 548. The molecule has 0 saturated heterocycles. The summed E-state index contributed by atoms with van der Waals surface area (Å²) >= 11 is 1.09. The highest BCUT2D eigenvalue weighted by Crippen LogP contribution is 2.45. The first kappa shape index (κ1) is 9.51. The molecule has 15 heavy (non-hydrogen) atoms. The van der Waals surface area contributed by atoms with Crippen molar-refractivity contribution in [2.75, 3.05) is 0 Å². The molecule has 1 aliphatic heterocycles. The number of nitrogens with zero attached hydrogens (tertiary/aromatic N) is 2. The second-order valence-electron chi connectivity index (χ2n) is 2.95. The Kier molecular flexibility index (Phi) is 2.07. The third-order valence-corrected chi connectivity index (χ3v) is 3.15. The zero-order valence-corrected chi connectivity index (χ0v) is 8.39. The summed E-state index contributed by atoms with van der Waals surface area (Å²) in [5.74, 6) is 0. The topological polar surface area (TPSA) is 64.7 Å². The molecule has 0 saturated carbocycles. The number of carbonyl (C=O) groups excluding carboxylic acids is 1. The summed E-state index contributed by atoms with van der Waals surface area (Å²) in [6.45, 7) is 3.66. The maximum absolute atomic E-state index is 11.3. The van der Waals surface area contributed by atoms with Gasteiger partial charge in [0.05, 0.1) is 0 Å². The Balaban J connectivity index is 2.62. The lowest BCUT2D eigenvalue weighted by atomic mass is 9.99. The van der Waals surface area contributed by atoms with Gasteiger partial charge >= 0.3 is 0 Å². The summed E-state index contributed by atoms with van der Waals surface area (Å²) in [6, 6.07) is 3.63. The highest BCUT2D eigenvalue weighted by molar-refractivity contribution is 8.18. The number of nitriles is 2. The Morgan fingerprint density at radius 2 is 2.00 bits per heavy atom. The van der Waals surface area contributed by atoms with Crippen molar-refractivity contribution in [3.63, 3.8) is 0 Å². The molecule has 0 aromatic carbocycles. The van der Waals surface area contributed by atoms with Gasteiger partial charge in [-0.15, -0.1) is 0 Å². The van der Waals surface area contributed by atoms with Crippen LogP contribution in [-0.2, 0) is 4.79 Å². The molecule has 0 amide bonds. The van der Waals surface area contributed by atoms with Crippen molar-refractivity contribution in [1.82, 2.24) is 0 Å². The van der Waals surface area contributed by atoms with Gasteiger partial charge in [0.15, 0.2) is 0 Å². The average molecular weight is 212 g/mol. The van der Waals surface area contributed by atoms with Crippen LogP contribution in [0.25, 0.3) is 0 Å². The SMILES string of the molecule is C=C1C(=O)SC2=C1C(=C(C#N)C#N)C=C2. The van der Waals surface area contributed by atoms with Gasteiger partial charge in [-0.25, -0.2) is 0 Å². The van der Waals surface area contributed by atoms with Crippen molar-refractivity contribution in [1.29, 1.82) is 10.5 Å². The van der Waals surface area contributed by atoms with E-state index in [2.05, 4.69) is 6.58 Å². The van der Waals surface area contributed by atoms with Crippen molar-refractivity contribution >= 4 is 16.9 Å². The molecule has 0 spiro atoms. The number of allylic oxidation sites excluding steroid dienone is 5. The van der Waals surface area contributed by atoms with Gasteiger partial charge in [-0.3, -0.25) is 4.79 Å². The largest absolute Gasteiger partial charge is 0.281 e. The molecule has 0 bridgehead atoms. The van der Waals surface area contributed by atoms with Crippen LogP contribution in [0.1, 0.15) is 0 Å². The summed E-state index contributed by atoms with van der Waals surface area (Å²) < 4.78 is 0. The lowest BCUT2D eigenvalue weighted by Gasteiger charge is -2.00. The van der Waals surface area contributed by atoms with Gasteiger partial charge in [0, 0.05) is 21.6 Å². The highest BCUT2D eigenvalue weighted by Gasteiger charge is 2.31. The minimum atomic E-state index is -0.114. The van der Waals surface area contributed by atoms with Crippen LogP contribution in [0.4, 0.5) is 0 Å². The van der Waals surface area contributed by atoms with E-state index in [0.29, 0.717) is 16.7 Å². The quantitative estimate of drug-likeness (QED) is 0.455.